The van der Waals surface area contributed by atoms with Gasteiger partial charge in [0.2, 0.25) is 0 Å². The summed E-state index contributed by atoms with van der Waals surface area (Å²) in [6.45, 7) is 7.41. The third-order valence-electron chi connectivity index (χ3n) is 4.35. The minimum atomic E-state index is 0. The topological polar surface area (TPSA) is 74.5 Å². The fourth-order valence-corrected chi connectivity index (χ4v) is 2.79. The largest absolute Gasteiger partial charge is 0.396 e. The van der Waals surface area contributed by atoms with Crippen molar-refractivity contribution in [3.63, 3.8) is 0 Å². The van der Waals surface area contributed by atoms with Crippen molar-refractivity contribution in [1.82, 2.24) is 20.2 Å². The van der Waals surface area contributed by atoms with Crippen LogP contribution in [0.5, 0.6) is 0 Å². The van der Waals surface area contributed by atoms with Crippen LogP contribution in [0.3, 0.4) is 0 Å². The Bertz CT molecular complexity index is 659. The Hall–Kier alpha value is -1.61. The molecule has 0 saturated heterocycles. The zero-order valence-electron chi connectivity index (χ0n) is 16.3. The van der Waals surface area contributed by atoms with E-state index in [0.717, 1.165) is 49.8 Å². The summed E-state index contributed by atoms with van der Waals surface area (Å²) < 4.78 is 2.17. The third kappa shape index (κ3) is 8.30. The average Bonchev–Trinajstić information content (AvgIpc) is 3.07. The monoisotopic (exact) mass is 485 g/mol. The van der Waals surface area contributed by atoms with E-state index < -0.39 is 0 Å². The van der Waals surface area contributed by atoms with E-state index in [2.05, 4.69) is 32.1 Å². The van der Waals surface area contributed by atoms with Crippen molar-refractivity contribution in [2.75, 3.05) is 26.2 Å². The van der Waals surface area contributed by atoms with E-state index in [0.29, 0.717) is 6.54 Å². The Balaban J connectivity index is 0.00000364. The number of aromatic nitrogens is 2. The Labute approximate surface area is 179 Å². The first kappa shape index (κ1) is 23.4. The van der Waals surface area contributed by atoms with E-state index in [4.69, 9.17) is 0 Å². The van der Waals surface area contributed by atoms with Gasteiger partial charge in [0.25, 0.3) is 0 Å². The second-order valence-electron chi connectivity index (χ2n) is 6.31. The lowest BCUT2D eigenvalue weighted by Crippen LogP contribution is -2.38. The molecule has 1 aromatic heterocycles. The van der Waals surface area contributed by atoms with E-state index in [1.807, 2.05) is 49.6 Å². The van der Waals surface area contributed by atoms with Gasteiger partial charge in [0.1, 0.15) is 5.82 Å². The molecule has 2 aromatic rings. The number of nitrogens with one attached hydrogen (secondary N) is 2. The van der Waals surface area contributed by atoms with Gasteiger partial charge in [0, 0.05) is 37.9 Å². The van der Waals surface area contributed by atoms with E-state index >= 15 is 0 Å². The predicted molar refractivity (Wildman–Crippen MR) is 122 cm³/mol. The first-order chi connectivity index (χ1) is 12.7. The van der Waals surface area contributed by atoms with Gasteiger partial charge in [-0.25, -0.2) is 4.98 Å². The van der Waals surface area contributed by atoms with E-state index in [9.17, 15) is 5.11 Å². The predicted octanol–water partition coefficient (Wildman–Crippen LogP) is 2.92. The second kappa shape index (κ2) is 13.5. The normalized spacial score (nSPS) is 12.3. The molecule has 6 nitrogen and oxygen atoms in total. The van der Waals surface area contributed by atoms with Gasteiger partial charge in [-0.2, -0.15) is 0 Å². The molecule has 0 radical (unpaired) electrons. The molecule has 1 heterocycles. The number of aliphatic imine (C=N–C) groups is 1. The minimum Gasteiger partial charge on any atom is -0.396 e. The molecule has 2 rings (SSSR count). The van der Waals surface area contributed by atoms with Crippen LogP contribution in [-0.2, 0) is 6.54 Å². The Morgan fingerprint density at radius 3 is 2.63 bits per heavy atom. The van der Waals surface area contributed by atoms with Crippen molar-refractivity contribution in [2.24, 2.45) is 4.99 Å². The molecule has 1 unspecified atom stereocenters. The Kier molecular flexibility index (Phi) is 11.8. The number of hydrogen-bond donors (Lipinski definition) is 3. The van der Waals surface area contributed by atoms with Crippen LogP contribution in [0.4, 0.5) is 0 Å². The number of imidazole rings is 1. The number of halogens is 1. The lowest BCUT2D eigenvalue weighted by atomic mass is 10.0. The van der Waals surface area contributed by atoms with Crippen LogP contribution in [0, 0.1) is 6.92 Å². The maximum absolute atomic E-state index is 9.66. The number of guanidine groups is 1. The molecule has 7 heteroatoms. The molecule has 0 aliphatic heterocycles. The molecular weight excluding hydrogens is 453 g/mol. The molecule has 0 saturated carbocycles. The Morgan fingerprint density at radius 1 is 1.22 bits per heavy atom. The van der Waals surface area contributed by atoms with Crippen LogP contribution in [0.2, 0.25) is 0 Å². The van der Waals surface area contributed by atoms with Gasteiger partial charge < -0.3 is 20.3 Å². The van der Waals surface area contributed by atoms with Gasteiger partial charge in [0.05, 0.1) is 13.2 Å². The maximum Gasteiger partial charge on any atom is 0.191 e. The molecular formula is C20H32IN5O. The quantitative estimate of drug-likeness (QED) is 0.210. The van der Waals surface area contributed by atoms with Crippen molar-refractivity contribution in [1.29, 1.82) is 0 Å². The number of benzene rings is 1. The highest BCUT2D eigenvalue weighted by atomic mass is 127. The number of aliphatic hydroxyl groups excluding tert-OH is 1. The van der Waals surface area contributed by atoms with Crippen LogP contribution in [0.25, 0.3) is 0 Å². The maximum atomic E-state index is 9.66. The number of rotatable bonds is 10. The number of hydrogen-bond acceptors (Lipinski definition) is 3. The average molecular weight is 485 g/mol. The highest BCUT2D eigenvalue weighted by Crippen LogP contribution is 2.14. The second-order valence-corrected chi connectivity index (χ2v) is 6.31. The zero-order chi connectivity index (χ0) is 18.6. The van der Waals surface area contributed by atoms with Crippen molar-refractivity contribution >= 4 is 29.9 Å². The first-order valence-electron chi connectivity index (χ1n) is 9.40. The van der Waals surface area contributed by atoms with Crippen LogP contribution >= 0.6 is 24.0 Å². The fraction of sp³-hybridized carbons (Fsp3) is 0.500. The molecule has 3 N–H and O–H groups in total. The number of aliphatic hydroxyl groups is 1. The van der Waals surface area contributed by atoms with Gasteiger partial charge in [0.15, 0.2) is 5.96 Å². The summed E-state index contributed by atoms with van der Waals surface area (Å²) in [6.07, 6.45) is 6.01. The summed E-state index contributed by atoms with van der Waals surface area (Å²) in [4.78, 5) is 8.88. The molecule has 0 aliphatic carbocycles. The molecule has 0 amide bonds. The van der Waals surface area contributed by atoms with Gasteiger partial charge >= 0.3 is 0 Å². The summed E-state index contributed by atoms with van der Waals surface area (Å²) in [5.74, 6) is 1.89. The van der Waals surface area contributed by atoms with Crippen molar-refractivity contribution in [2.45, 2.75) is 39.2 Å². The molecule has 1 atom stereocenters. The van der Waals surface area contributed by atoms with Crippen LogP contribution in [-0.4, -0.2) is 46.9 Å². The molecule has 27 heavy (non-hydrogen) atoms. The van der Waals surface area contributed by atoms with Crippen LogP contribution in [0.1, 0.15) is 37.1 Å². The summed E-state index contributed by atoms with van der Waals surface area (Å²) in [7, 11) is 0. The lowest BCUT2D eigenvalue weighted by Gasteiger charge is -2.15. The highest BCUT2D eigenvalue weighted by molar-refractivity contribution is 14.0. The zero-order valence-corrected chi connectivity index (χ0v) is 18.6. The molecule has 150 valence electrons. The smallest absolute Gasteiger partial charge is 0.191 e. The Morgan fingerprint density at radius 2 is 2.00 bits per heavy atom. The van der Waals surface area contributed by atoms with Crippen molar-refractivity contribution < 1.29 is 5.11 Å². The van der Waals surface area contributed by atoms with Crippen LogP contribution < -0.4 is 10.6 Å². The van der Waals surface area contributed by atoms with Gasteiger partial charge in [-0.05, 0) is 32.3 Å². The number of unbranched alkanes of at least 4 members (excludes halogenated alkanes) is 1. The molecule has 0 spiro atoms. The van der Waals surface area contributed by atoms with Crippen molar-refractivity contribution in [3.05, 3.63) is 54.1 Å². The number of nitrogens with zero attached hydrogens (tertiary/aromatic N) is 3. The standard InChI is InChI=1S/C20H31N5O.HI/c1-3-21-20(23-11-7-8-13-25-14-12-22-17(25)2)24-15-19(16-26)18-9-5-4-6-10-18;/h4-6,9-10,12,14,19,26H,3,7-8,11,13,15-16H2,1-2H3,(H2,21,23,24);1H. The molecule has 1 aromatic carbocycles. The first-order valence-corrected chi connectivity index (χ1v) is 9.40. The molecule has 0 aliphatic rings. The fourth-order valence-electron chi connectivity index (χ4n) is 2.79. The van der Waals surface area contributed by atoms with Gasteiger partial charge in [-0.1, -0.05) is 30.3 Å². The van der Waals surface area contributed by atoms with Gasteiger partial charge in [-0.15, -0.1) is 24.0 Å². The SMILES string of the molecule is CCNC(=NCC(CO)c1ccccc1)NCCCCn1ccnc1C.I. The van der Waals surface area contributed by atoms with E-state index in [1.165, 1.54) is 0 Å². The summed E-state index contributed by atoms with van der Waals surface area (Å²) in [5, 5.41) is 16.3. The molecule has 0 bridgehead atoms. The van der Waals surface area contributed by atoms with Crippen LogP contribution in [0.15, 0.2) is 47.7 Å². The minimum absolute atomic E-state index is 0. The van der Waals surface area contributed by atoms with E-state index in [-0.39, 0.29) is 36.5 Å². The van der Waals surface area contributed by atoms with Gasteiger partial charge in [-0.3, -0.25) is 4.99 Å². The summed E-state index contributed by atoms with van der Waals surface area (Å²) >= 11 is 0. The molecule has 0 fully saturated rings. The third-order valence-corrected chi connectivity index (χ3v) is 4.35. The summed E-state index contributed by atoms with van der Waals surface area (Å²) in [5.41, 5.74) is 1.12. The number of aryl methyl sites for hydroxylation is 2. The highest BCUT2D eigenvalue weighted by Gasteiger charge is 2.09. The van der Waals surface area contributed by atoms with E-state index in [1.54, 1.807) is 0 Å². The lowest BCUT2D eigenvalue weighted by molar-refractivity contribution is 0.268. The van der Waals surface area contributed by atoms with Crippen molar-refractivity contribution in [3.8, 4) is 0 Å². The summed E-state index contributed by atoms with van der Waals surface area (Å²) in [6, 6.07) is 10.0.